The summed E-state index contributed by atoms with van der Waals surface area (Å²) in [6, 6.07) is 0.296. The van der Waals surface area contributed by atoms with E-state index in [2.05, 4.69) is 5.92 Å². The van der Waals surface area contributed by atoms with Crippen molar-refractivity contribution in [2.45, 2.75) is 51.3 Å². The van der Waals surface area contributed by atoms with E-state index in [9.17, 15) is 4.79 Å². The summed E-state index contributed by atoms with van der Waals surface area (Å²) < 4.78 is 5.34. The van der Waals surface area contributed by atoms with E-state index < -0.39 is 5.60 Å². The molecule has 1 saturated heterocycles. The summed E-state index contributed by atoms with van der Waals surface area (Å²) in [5, 5.41) is 0. The van der Waals surface area contributed by atoms with E-state index >= 15 is 0 Å². The normalized spacial score (nSPS) is 33.2. The molecule has 3 nitrogen and oxygen atoms in total. The topological polar surface area (TPSA) is 29.5 Å². The number of carbonyl (C=O) groups excluding carboxylic acids is 1. The molecule has 2 fully saturated rings. The SMILES string of the molecule is C#CC1CC2C[C@H]2N1C(=O)OC(C)(C)C. The van der Waals surface area contributed by atoms with Gasteiger partial charge in [-0.3, -0.25) is 4.90 Å². The largest absolute Gasteiger partial charge is 0.444 e. The Balaban J connectivity index is 2.04. The highest BCUT2D eigenvalue weighted by atomic mass is 16.6. The number of piperidine rings is 1. The summed E-state index contributed by atoms with van der Waals surface area (Å²) >= 11 is 0. The van der Waals surface area contributed by atoms with Crippen molar-refractivity contribution in [3.05, 3.63) is 0 Å². The molecule has 0 N–H and O–H groups in total. The molecular weight excluding hydrogens is 190 g/mol. The first-order valence-electron chi connectivity index (χ1n) is 5.40. The van der Waals surface area contributed by atoms with Gasteiger partial charge in [0.15, 0.2) is 0 Å². The van der Waals surface area contributed by atoms with Gasteiger partial charge < -0.3 is 4.74 Å². The molecule has 0 bridgehead atoms. The number of ether oxygens (including phenoxy) is 1. The first kappa shape index (κ1) is 10.4. The number of terminal acetylenes is 1. The first-order valence-corrected chi connectivity index (χ1v) is 5.40. The van der Waals surface area contributed by atoms with Crippen molar-refractivity contribution >= 4 is 6.09 Å². The standard InChI is InChI=1S/C12H17NO2/c1-5-9-6-8-7-10(8)13(9)11(14)15-12(2,3)4/h1,8-10H,6-7H2,2-4H3/t8?,9?,10-/m1/s1. The van der Waals surface area contributed by atoms with Crippen LogP contribution in [0.2, 0.25) is 0 Å². The predicted octanol–water partition coefficient (Wildman–Crippen LogP) is 2.02. The van der Waals surface area contributed by atoms with Crippen molar-refractivity contribution in [3.8, 4) is 12.3 Å². The Kier molecular flexibility index (Phi) is 2.18. The molecule has 1 saturated carbocycles. The maximum Gasteiger partial charge on any atom is 0.411 e. The van der Waals surface area contributed by atoms with Crippen molar-refractivity contribution in [2.24, 2.45) is 5.92 Å². The van der Waals surface area contributed by atoms with Gasteiger partial charge in [-0.25, -0.2) is 4.79 Å². The second-order valence-corrected chi connectivity index (χ2v) is 5.37. The Morgan fingerprint density at radius 1 is 1.47 bits per heavy atom. The second-order valence-electron chi connectivity index (χ2n) is 5.37. The summed E-state index contributed by atoms with van der Waals surface area (Å²) in [6.07, 6.45) is 7.19. The van der Waals surface area contributed by atoms with Crippen molar-refractivity contribution in [2.75, 3.05) is 0 Å². The first-order chi connectivity index (χ1) is 6.92. The fourth-order valence-electron chi connectivity index (χ4n) is 2.18. The van der Waals surface area contributed by atoms with Crippen molar-refractivity contribution in [1.29, 1.82) is 0 Å². The summed E-state index contributed by atoms with van der Waals surface area (Å²) in [4.78, 5) is 13.6. The van der Waals surface area contributed by atoms with Gasteiger partial charge in [-0.1, -0.05) is 5.92 Å². The fraction of sp³-hybridized carbons (Fsp3) is 0.750. The summed E-state index contributed by atoms with van der Waals surface area (Å²) in [5.41, 5.74) is -0.441. The van der Waals surface area contributed by atoms with E-state index in [1.54, 1.807) is 4.90 Å². The van der Waals surface area contributed by atoms with Crippen LogP contribution in [0.1, 0.15) is 33.6 Å². The van der Waals surface area contributed by atoms with Crippen molar-refractivity contribution in [1.82, 2.24) is 4.90 Å². The van der Waals surface area contributed by atoms with Crippen LogP contribution in [0, 0.1) is 18.3 Å². The van der Waals surface area contributed by atoms with E-state index in [1.807, 2.05) is 20.8 Å². The van der Waals surface area contributed by atoms with Gasteiger partial charge in [0, 0.05) is 6.04 Å². The molecule has 1 aliphatic heterocycles. The Morgan fingerprint density at radius 2 is 2.13 bits per heavy atom. The van der Waals surface area contributed by atoms with Crippen LogP contribution in [0.15, 0.2) is 0 Å². The number of hydrogen-bond donors (Lipinski definition) is 0. The van der Waals surface area contributed by atoms with Crippen LogP contribution >= 0.6 is 0 Å². The highest BCUT2D eigenvalue weighted by molar-refractivity contribution is 5.71. The minimum atomic E-state index is -0.441. The number of rotatable bonds is 0. The summed E-state index contributed by atoms with van der Waals surface area (Å²) in [6.45, 7) is 5.61. The number of hydrogen-bond acceptors (Lipinski definition) is 2. The second kappa shape index (κ2) is 3.16. The number of fused-ring (bicyclic) bond motifs is 1. The quantitative estimate of drug-likeness (QED) is 0.569. The molecule has 1 amide bonds. The minimum Gasteiger partial charge on any atom is -0.444 e. The maximum atomic E-state index is 11.9. The molecule has 0 spiro atoms. The third-order valence-electron chi connectivity index (χ3n) is 2.90. The monoisotopic (exact) mass is 207 g/mol. The lowest BCUT2D eigenvalue weighted by Crippen LogP contribution is -2.41. The van der Waals surface area contributed by atoms with Gasteiger partial charge in [0.1, 0.15) is 5.60 Å². The molecule has 0 radical (unpaired) electrons. The molecular formula is C12H17NO2. The molecule has 0 aromatic carbocycles. The molecule has 3 atom stereocenters. The lowest BCUT2D eigenvalue weighted by atomic mass is 10.2. The third kappa shape index (κ3) is 1.94. The van der Waals surface area contributed by atoms with Gasteiger partial charge in [-0.15, -0.1) is 6.42 Å². The number of amides is 1. The van der Waals surface area contributed by atoms with Gasteiger partial charge in [-0.05, 0) is 39.5 Å². The average Bonchev–Trinajstić information content (AvgIpc) is 2.73. The van der Waals surface area contributed by atoms with Crippen LogP contribution in [-0.2, 0) is 4.74 Å². The number of carbonyl (C=O) groups is 1. The molecule has 82 valence electrons. The van der Waals surface area contributed by atoms with Gasteiger partial charge in [0.2, 0.25) is 0 Å². The minimum absolute atomic E-state index is 0.0522. The van der Waals surface area contributed by atoms with Crippen molar-refractivity contribution in [3.63, 3.8) is 0 Å². The maximum absolute atomic E-state index is 11.9. The lowest BCUT2D eigenvalue weighted by Gasteiger charge is -2.28. The molecule has 1 heterocycles. The molecule has 0 aromatic rings. The third-order valence-corrected chi connectivity index (χ3v) is 2.90. The van der Waals surface area contributed by atoms with Crippen LogP contribution in [0.25, 0.3) is 0 Å². The van der Waals surface area contributed by atoms with Gasteiger partial charge in [0.05, 0.1) is 6.04 Å². The van der Waals surface area contributed by atoms with Gasteiger partial charge >= 0.3 is 6.09 Å². The smallest absolute Gasteiger partial charge is 0.411 e. The Labute approximate surface area is 90.8 Å². The fourth-order valence-corrected chi connectivity index (χ4v) is 2.18. The zero-order chi connectivity index (χ0) is 11.2. The Bertz CT molecular complexity index is 323. The number of nitrogens with zero attached hydrogens (tertiary/aromatic N) is 1. The van der Waals surface area contributed by atoms with Crippen LogP contribution in [0.5, 0.6) is 0 Å². The molecule has 2 rings (SSSR count). The lowest BCUT2D eigenvalue weighted by molar-refractivity contribution is 0.0225. The van der Waals surface area contributed by atoms with E-state index in [0.717, 1.165) is 12.8 Å². The zero-order valence-electron chi connectivity index (χ0n) is 9.49. The van der Waals surface area contributed by atoms with Crippen LogP contribution in [0.4, 0.5) is 4.79 Å². The summed E-state index contributed by atoms with van der Waals surface area (Å²) in [7, 11) is 0. The Hall–Kier alpha value is -1.17. The van der Waals surface area contributed by atoms with Gasteiger partial charge in [-0.2, -0.15) is 0 Å². The van der Waals surface area contributed by atoms with Gasteiger partial charge in [0.25, 0.3) is 0 Å². The highest BCUT2D eigenvalue weighted by Gasteiger charge is 2.54. The van der Waals surface area contributed by atoms with E-state index in [-0.39, 0.29) is 12.1 Å². The summed E-state index contributed by atoms with van der Waals surface area (Å²) in [5.74, 6) is 3.29. The van der Waals surface area contributed by atoms with Crippen LogP contribution in [-0.4, -0.2) is 28.7 Å². The molecule has 3 heteroatoms. The Morgan fingerprint density at radius 3 is 2.67 bits per heavy atom. The predicted molar refractivity (Wildman–Crippen MR) is 57.2 cm³/mol. The zero-order valence-corrected chi connectivity index (χ0v) is 9.49. The molecule has 15 heavy (non-hydrogen) atoms. The van der Waals surface area contributed by atoms with Crippen molar-refractivity contribution < 1.29 is 9.53 Å². The van der Waals surface area contributed by atoms with Crippen LogP contribution in [0.3, 0.4) is 0 Å². The number of likely N-dealkylation sites (tertiary alicyclic amines) is 1. The van der Waals surface area contributed by atoms with E-state index in [1.165, 1.54) is 0 Å². The molecule has 2 aliphatic rings. The highest BCUT2D eigenvalue weighted by Crippen LogP contribution is 2.48. The molecule has 1 aliphatic carbocycles. The average molecular weight is 207 g/mol. The molecule has 0 aromatic heterocycles. The van der Waals surface area contributed by atoms with E-state index in [0.29, 0.717) is 12.0 Å². The van der Waals surface area contributed by atoms with Crippen LogP contribution < -0.4 is 0 Å². The van der Waals surface area contributed by atoms with E-state index in [4.69, 9.17) is 11.2 Å². The molecule has 2 unspecified atom stereocenters.